The molecule has 2 aromatic rings. The summed E-state index contributed by atoms with van der Waals surface area (Å²) in [5, 5.41) is 3.21. The number of ether oxygens (including phenoxy) is 1. The van der Waals surface area contributed by atoms with Gasteiger partial charge in [0, 0.05) is 10.7 Å². The van der Waals surface area contributed by atoms with Gasteiger partial charge in [0.15, 0.2) is 6.10 Å². The van der Waals surface area contributed by atoms with Gasteiger partial charge in [-0.3, -0.25) is 9.10 Å². The van der Waals surface area contributed by atoms with Gasteiger partial charge >= 0.3 is 0 Å². The minimum Gasteiger partial charge on any atom is -0.476 e. The highest BCUT2D eigenvalue weighted by molar-refractivity contribution is 7.92. The average molecular weight is 423 g/mol. The van der Waals surface area contributed by atoms with E-state index in [2.05, 4.69) is 5.32 Å². The number of nitrogens with one attached hydrogen (secondary N) is 1. The molecule has 1 aliphatic rings. The van der Waals surface area contributed by atoms with Crippen molar-refractivity contribution < 1.29 is 17.9 Å². The van der Waals surface area contributed by atoms with Crippen LogP contribution in [0, 0.1) is 0 Å². The van der Waals surface area contributed by atoms with Crippen molar-refractivity contribution in [3.63, 3.8) is 0 Å². The summed E-state index contributed by atoms with van der Waals surface area (Å²) in [7, 11) is -3.60. The lowest BCUT2D eigenvalue weighted by Gasteiger charge is -2.35. The lowest BCUT2D eigenvalue weighted by Crippen LogP contribution is -2.48. The quantitative estimate of drug-likeness (QED) is 0.816. The van der Waals surface area contributed by atoms with Crippen molar-refractivity contribution in [2.24, 2.45) is 0 Å². The van der Waals surface area contributed by atoms with Gasteiger partial charge in [-0.05, 0) is 41.3 Å². The third kappa shape index (κ3) is 4.42. The summed E-state index contributed by atoms with van der Waals surface area (Å²) in [6.07, 6.45) is 0.138. The third-order valence-corrected chi connectivity index (χ3v) is 5.86. The van der Waals surface area contributed by atoms with Gasteiger partial charge < -0.3 is 10.1 Å². The number of halogens is 1. The van der Waals surface area contributed by atoms with Crippen LogP contribution in [-0.2, 0) is 20.2 Å². The molecular formula is C20H23ClN2O4S. The Bertz CT molecular complexity index is 1020. The molecule has 0 aromatic heterocycles. The van der Waals surface area contributed by atoms with Gasteiger partial charge in [-0.15, -0.1) is 0 Å². The highest BCUT2D eigenvalue weighted by Gasteiger charge is 2.35. The van der Waals surface area contributed by atoms with E-state index in [1.54, 1.807) is 30.3 Å². The summed E-state index contributed by atoms with van der Waals surface area (Å²) in [6, 6.07) is 12.1. The molecule has 8 heteroatoms. The highest BCUT2D eigenvalue weighted by Crippen LogP contribution is 2.38. The number of hydrogen-bond acceptors (Lipinski definition) is 4. The van der Waals surface area contributed by atoms with Gasteiger partial charge in [-0.2, -0.15) is 0 Å². The van der Waals surface area contributed by atoms with E-state index in [0.717, 1.165) is 11.8 Å². The van der Waals surface area contributed by atoms with Crippen molar-refractivity contribution in [3.05, 3.63) is 53.1 Å². The maximum atomic E-state index is 12.7. The molecule has 0 aliphatic carbocycles. The number of carbonyl (C=O) groups excluding carboxylic acids is 1. The lowest BCUT2D eigenvalue weighted by molar-refractivity contribution is -0.122. The number of rotatable bonds is 3. The molecule has 0 spiro atoms. The summed E-state index contributed by atoms with van der Waals surface area (Å²) in [4.78, 5) is 12.7. The number of carbonyl (C=O) groups is 1. The van der Waals surface area contributed by atoms with E-state index in [-0.39, 0.29) is 12.0 Å². The second-order valence-corrected chi connectivity index (χ2v) is 10.2. The van der Waals surface area contributed by atoms with Gasteiger partial charge in [-0.25, -0.2) is 8.42 Å². The van der Waals surface area contributed by atoms with Crippen LogP contribution in [0.5, 0.6) is 5.75 Å². The third-order valence-electron chi connectivity index (χ3n) is 4.48. The zero-order valence-electron chi connectivity index (χ0n) is 16.2. The van der Waals surface area contributed by atoms with Crippen LogP contribution >= 0.6 is 11.6 Å². The Labute approximate surface area is 170 Å². The first kappa shape index (κ1) is 20.5. The monoisotopic (exact) mass is 422 g/mol. The molecule has 1 atom stereocenters. The van der Waals surface area contributed by atoms with Gasteiger partial charge in [0.25, 0.3) is 5.91 Å². The van der Waals surface area contributed by atoms with Gasteiger partial charge in [0.05, 0.1) is 18.5 Å². The van der Waals surface area contributed by atoms with Crippen LogP contribution in [0.1, 0.15) is 26.3 Å². The van der Waals surface area contributed by atoms with Crippen molar-refractivity contribution in [2.45, 2.75) is 32.3 Å². The summed E-state index contributed by atoms with van der Waals surface area (Å²) < 4.78 is 31.9. The maximum absolute atomic E-state index is 12.7. The number of fused-ring (bicyclic) bond motifs is 1. The normalized spacial score (nSPS) is 16.9. The molecule has 2 aromatic carbocycles. The van der Waals surface area contributed by atoms with Gasteiger partial charge in [-0.1, -0.05) is 44.5 Å². The molecule has 1 heterocycles. The number of nitrogens with zero attached hydrogens (tertiary/aromatic N) is 1. The Morgan fingerprint density at radius 1 is 1.21 bits per heavy atom. The standard InChI is InChI=1S/C20H23ClN2O4S/c1-20(2,3)13-8-9-17-16(10-13)23(28(4,25)26)12-18(27-17)19(24)22-15-7-5-6-14(21)11-15/h5-11,18H,12H2,1-4H3,(H,22,24)/t18-/m0/s1. The maximum Gasteiger partial charge on any atom is 0.267 e. The zero-order valence-corrected chi connectivity index (χ0v) is 17.8. The molecule has 0 saturated heterocycles. The molecule has 6 nitrogen and oxygen atoms in total. The fourth-order valence-electron chi connectivity index (χ4n) is 2.96. The Morgan fingerprint density at radius 2 is 1.93 bits per heavy atom. The second kappa shape index (κ2) is 7.29. The summed E-state index contributed by atoms with van der Waals surface area (Å²) in [5.41, 5.74) is 1.78. The molecule has 1 aliphatic heterocycles. The van der Waals surface area contributed by atoms with Gasteiger partial charge in [0.1, 0.15) is 5.75 Å². The fraction of sp³-hybridized carbons (Fsp3) is 0.350. The molecule has 1 amide bonds. The van der Waals surface area contributed by atoms with Crippen LogP contribution in [-0.4, -0.2) is 33.2 Å². The number of anilines is 2. The van der Waals surface area contributed by atoms with E-state index in [4.69, 9.17) is 16.3 Å². The summed E-state index contributed by atoms with van der Waals surface area (Å²) in [6.45, 7) is 6.03. The molecule has 28 heavy (non-hydrogen) atoms. The fourth-order valence-corrected chi connectivity index (χ4v) is 4.05. The SMILES string of the molecule is CC(C)(C)c1ccc2c(c1)N(S(C)(=O)=O)C[C@@H](C(=O)Nc1cccc(Cl)c1)O2. The average Bonchev–Trinajstić information content (AvgIpc) is 2.58. The zero-order chi connectivity index (χ0) is 20.7. The Balaban J connectivity index is 1.93. The van der Waals surface area contributed by atoms with E-state index >= 15 is 0 Å². The van der Waals surface area contributed by atoms with Crippen LogP contribution in [0.25, 0.3) is 0 Å². The van der Waals surface area contributed by atoms with Crippen molar-refractivity contribution in [1.29, 1.82) is 0 Å². The van der Waals surface area contributed by atoms with E-state index in [1.807, 2.05) is 32.9 Å². The molecule has 3 rings (SSSR count). The predicted molar refractivity (Wildman–Crippen MR) is 112 cm³/mol. The van der Waals surface area contributed by atoms with E-state index in [0.29, 0.717) is 22.1 Å². The molecule has 0 saturated carbocycles. The Hall–Kier alpha value is -2.25. The van der Waals surface area contributed by atoms with Crippen molar-refractivity contribution in [2.75, 3.05) is 22.4 Å². The van der Waals surface area contributed by atoms with E-state index < -0.39 is 22.0 Å². The molecule has 0 unspecified atom stereocenters. The van der Waals surface area contributed by atoms with Crippen LogP contribution in [0.4, 0.5) is 11.4 Å². The minimum atomic E-state index is -3.60. The van der Waals surface area contributed by atoms with E-state index in [1.165, 1.54) is 4.31 Å². The number of benzene rings is 2. The Morgan fingerprint density at radius 3 is 2.54 bits per heavy atom. The van der Waals surface area contributed by atoms with E-state index in [9.17, 15) is 13.2 Å². The first-order valence-electron chi connectivity index (χ1n) is 8.80. The summed E-state index contributed by atoms with van der Waals surface area (Å²) in [5.74, 6) is -0.0858. The number of amides is 1. The van der Waals surface area contributed by atoms with Crippen LogP contribution in [0.2, 0.25) is 5.02 Å². The van der Waals surface area contributed by atoms with Crippen LogP contribution < -0.4 is 14.4 Å². The molecule has 0 fully saturated rings. The van der Waals surface area contributed by atoms with Gasteiger partial charge in [0.2, 0.25) is 10.0 Å². The number of hydrogen-bond donors (Lipinski definition) is 1. The van der Waals surface area contributed by atoms with Crippen LogP contribution in [0.3, 0.4) is 0 Å². The summed E-state index contributed by atoms with van der Waals surface area (Å²) >= 11 is 5.95. The minimum absolute atomic E-state index is 0.105. The van der Waals surface area contributed by atoms with Crippen LogP contribution in [0.15, 0.2) is 42.5 Å². The second-order valence-electron chi connectivity index (χ2n) is 7.83. The topological polar surface area (TPSA) is 75.7 Å². The molecule has 0 radical (unpaired) electrons. The highest BCUT2D eigenvalue weighted by atomic mass is 35.5. The van der Waals surface area contributed by atoms with Crippen molar-refractivity contribution >= 4 is 38.9 Å². The molecular weight excluding hydrogens is 400 g/mol. The molecule has 150 valence electrons. The first-order valence-corrected chi connectivity index (χ1v) is 11.0. The largest absolute Gasteiger partial charge is 0.476 e. The Kier molecular flexibility index (Phi) is 5.34. The smallest absolute Gasteiger partial charge is 0.267 e. The van der Waals surface area contributed by atoms with Crippen molar-refractivity contribution in [3.8, 4) is 5.75 Å². The predicted octanol–water partition coefficient (Wildman–Crippen LogP) is 3.80. The first-order chi connectivity index (χ1) is 12.9. The number of sulfonamides is 1. The van der Waals surface area contributed by atoms with Crippen molar-refractivity contribution in [1.82, 2.24) is 0 Å². The lowest BCUT2D eigenvalue weighted by atomic mass is 9.86. The molecule has 0 bridgehead atoms. The molecule has 1 N–H and O–H groups in total.